The van der Waals surface area contributed by atoms with E-state index in [1.165, 1.54) is 0 Å². The third kappa shape index (κ3) is 5.58. The quantitative estimate of drug-likeness (QED) is 0.317. The van der Waals surface area contributed by atoms with E-state index in [1.54, 1.807) is 12.3 Å². The van der Waals surface area contributed by atoms with E-state index in [0.717, 1.165) is 22.4 Å². The molecule has 1 amide bonds. The van der Waals surface area contributed by atoms with Gasteiger partial charge in [-0.1, -0.05) is 54.1 Å². The van der Waals surface area contributed by atoms with Gasteiger partial charge in [0.15, 0.2) is 0 Å². The Bertz CT molecular complexity index is 1170. The second kappa shape index (κ2) is 9.73. The lowest BCUT2D eigenvalue weighted by molar-refractivity contribution is 0.0950. The van der Waals surface area contributed by atoms with Crippen LogP contribution in [0.3, 0.4) is 0 Å². The summed E-state index contributed by atoms with van der Waals surface area (Å²) in [5.41, 5.74) is 6.26. The van der Waals surface area contributed by atoms with Gasteiger partial charge in [-0.05, 0) is 53.6 Å². The molecule has 7 heteroatoms. The van der Waals surface area contributed by atoms with E-state index in [9.17, 15) is 4.79 Å². The van der Waals surface area contributed by atoms with Crippen LogP contribution in [0.1, 0.15) is 21.6 Å². The minimum absolute atomic E-state index is 0.322. The number of H-pyrrole nitrogens is 1. The number of ether oxygens (including phenoxy) is 1. The Morgan fingerprint density at radius 3 is 2.52 bits per heavy atom. The number of carbonyl (C=O) groups excluding carboxylic acids is 1. The lowest BCUT2D eigenvalue weighted by Crippen LogP contribution is -2.17. The number of hydrogen-bond acceptors (Lipinski definition) is 4. The summed E-state index contributed by atoms with van der Waals surface area (Å²) in [6.45, 7) is 0.451. The number of rotatable bonds is 7. The van der Waals surface area contributed by atoms with E-state index in [2.05, 4.69) is 20.7 Å². The maximum absolute atomic E-state index is 12.3. The van der Waals surface area contributed by atoms with Gasteiger partial charge in [-0.2, -0.15) is 10.2 Å². The summed E-state index contributed by atoms with van der Waals surface area (Å²) >= 11 is 5.90. The Labute approximate surface area is 184 Å². The van der Waals surface area contributed by atoms with Crippen LogP contribution < -0.4 is 10.2 Å². The van der Waals surface area contributed by atoms with Gasteiger partial charge in [0, 0.05) is 10.6 Å². The van der Waals surface area contributed by atoms with Crippen LogP contribution in [0.15, 0.2) is 90.0 Å². The van der Waals surface area contributed by atoms with Crippen LogP contribution in [0.25, 0.3) is 11.3 Å². The summed E-state index contributed by atoms with van der Waals surface area (Å²) in [4.78, 5) is 12.3. The standard InChI is InChI=1S/C24H19ClN4O2/c25-20-10-6-18(7-11-20)16-31-21-12-8-19(9-13-21)22-14-23(28-27-22)24(30)29-26-15-17-4-2-1-3-5-17/h1-15H,16H2,(H,27,28)(H,29,30)/b26-15-. The molecule has 0 aliphatic rings. The van der Waals surface area contributed by atoms with E-state index in [1.807, 2.05) is 78.9 Å². The number of carbonyl (C=O) groups is 1. The SMILES string of the molecule is O=C(N/N=C\c1ccccc1)c1cc(-c2ccc(OCc3ccc(Cl)cc3)cc2)n[nH]1. The molecule has 3 aromatic carbocycles. The highest BCUT2D eigenvalue weighted by molar-refractivity contribution is 6.30. The van der Waals surface area contributed by atoms with Gasteiger partial charge >= 0.3 is 0 Å². The van der Waals surface area contributed by atoms with Crippen molar-refractivity contribution in [1.82, 2.24) is 15.6 Å². The van der Waals surface area contributed by atoms with Crippen molar-refractivity contribution < 1.29 is 9.53 Å². The highest BCUT2D eigenvalue weighted by atomic mass is 35.5. The topological polar surface area (TPSA) is 79.4 Å². The predicted molar refractivity (Wildman–Crippen MR) is 121 cm³/mol. The Hall–Kier alpha value is -3.90. The molecule has 0 atom stereocenters. The predicted octanol–water partition coefficient (Wildman–Crippen LogP) is 5.07. The monoisotopic (exact) mass is 430 g/mol. The molecule has 0 bridgehead atoms. The summed E-state index contributed by atoms with van der Waals surface area (Å²) in [6, 6.07) is 26.2. The largest absolute Gasteiger partial charge is 0.489 e. The van der Waals surface area contributed by atoms with Crippen molar-refractivity contribution in [3.63, 3.8) is 0 Å². The van der Waals surface area contributed by atoms with E-state index in [4.69, 9.17) is 16.3 Å². The molecule has 31 heavy (non-hydrogen) atoms. The summed E-state index contributed by atoms with van der Waals surface area (Å²) in [5, 5.41) is 11.6. The van der Waals surface area contributed by atoms with E-state index in [-0.39, 0.29) is 5.91 Å². The molecule has 0 spiro atoms. The van der Waals surface area contributed by atoms with Crippen molar-refractivity contribution in [1.29, 1.82) is 0 Å². The fraction of sp³-hybridized carbons (Fsp3) is 0.0417. The fourth-order valence-electron chi connectivity index (χ4n) is 2.82. The van der Waals surface area contributed by atoms with Crippen LogP contribution in [0, 0.1) is 0 Å². The third-order valence-corrected chi connectivity index (χ3v) is 4.72. The summed E-state index contributed by atoms with van der Waals surface area (Å²) in [5.74, 6) is 0.372. The van der Waals surface area contributed by atoms with Crippen molar-refractivity contribution in [2.75, 3.05) is 0 Å². The number of amides is 1. The summed E-state index contributed by atoms with van der Waals surface area (Å²) in [7, 11) is 0. The van der Waals surface area contributed by atoms with Crippen LogP contribution in [0.5, 0.6) is 5.75 Å². The fourth-order valence-corrected chi connectivity index (χ4v) is 2.95. The van der Waals surface area contributed by atoms with Gasteiger partial charge < -0.3 is 4.74 Å². The van der Waals surface area contributed by atoms with Crippen LogP contribution in [0.4, 0.5) is 0 Å². The molecular formula is C24H19ClN4O2. The number of hydrazone groups is 1. The number of nitrogens with zero attached hydrogens (tertiary/aromatic N) is 2. The number of nitrogens with one attached hydrogen (secondary N) is 2. The normalized spacial score (nSPS) is 10.9. The van der Waals surface area contributed by atoms with Crippen LogP contribution >= 0.6 is 11.6 Å². The zero-order valence-corrected chi connectivity index (χ0v) is 17.2. The number of aromatic nitrogens is 2. The Morgan fingerprint density at radius 2 is 1.77 bits per heavy atom. The van der Waals surface area contributed by atoms with Gasteiger partial charge in [-0.3, -0.25) is 9.89 Å². The molecule has 6 nitrogen and oxygen atoms in total. The molecule has 0 fully saturated rings. The van der Waals surface area contributed by atoms with Crippen molar-refractivity contribution in [2.24, 2.45) is 5.10 Å². The van der Waals surface area contributed by atoms with Gasteiger partial charge in [0.05, 0.1) is 11.9 Å². The highest BCUT2D eigenvalue weighted by Gasteiger charge is 2.10. The Kier molecular flexibility index (Phi) is 6.40. The number of hydrogen-bond donors (Lipinski definition) is 2. The second-order valence-corrected chi connectivity index (χ2v) is 7.15. The van der Waals surface area contributed by atoms with Gasteiger partial charge in [-0.25, -0.2) is 5.43 Å². The number of benzene rings is 3. The maximum Gasteiger partial charge on any atom is 0.289 e. The highest BCUT2D eigenvalue weighted by Crippen LogP contribution is 2.22. The van der Waals surface area contributed by atoms with Gasteiger partial charge in [0.25, 0.3) is 5.91 Å². The van der Waals surface area contributed by atoms with Crippen LogP contribution in [-0.4, -0.2) is 22.3 Å². The van der Waals surface area contributed by atoms with Crippen molar-refractivity contribution in [2.45, 2.75) is 6.61 Å². The first-order valence-corrected chi connectivity index (χ1v) is 9.97. The van der Waals surface area contributed by atoms with Crippen molar-refractivity contribution >= 4 is 23.7 Å². The first kappa shape index (κ1) is 20.4. The number of halogens is 1. The van der Waals surface area contributed by atoms with Gasteiger partial charge in [0.2, 0.25) is 0 Å². The average Bonchev–Trinajstić information content (AvgIpc) is 3.30. The molecular weight excluding hydrogens is 412 g/mol. The van der Waals surface area contributed by atoms with E-state index < -0.39 is 0 Å². The first-order chi connectivity index (χ1) is 15.2. The maximum atomic E-state index is 12.3. The third-order valence-electron chi connectivity index (χ3n) is 4.47. The molecule has 1 aromatic heterocycles. The zero-order chi connectivity index (χ0) is 21.5. The molecule has 154 valence electrons. The minimum atomic E-state index is -0.367. The molecule has 4 rings (SSSR count). The molecule has 0 unspecified atom stereocenters. The molecule has 2 N–H and O–H groups in total. The van der Waals surface area contributed by atoms with Crippen LogP contribution in [-0.2, 0) is 6.61 Å². The summed E-state index contributed by atoms with van der Waals surface area (Å²) < 4.78 is 5.80. The molecule has 0 aliphatic carbocycles. The molecule has 4 aromatic rings. The Balaban J connectivity index is 1.34. The Morgan fingerprint density at radius 1 is 1.03 bits per heavy atom. The van der Waals surface area contributed by atoms with E-state index in [0.29, 0.717) is 23.0 Å². The lowest BCUT2D eigenvalue weighted by Gasteiger charge is -2.07. The lowest BCUT2D eigenvalue weighted by atomic mass is 10.1. The van der Waals surface area contributed by atoms with Gasteiger partial charge in [-0.15, -0.1) is 0 Å². The minimum Gasteiger partial charge on any atom is -0.489 e. The second-order valence-electron chi connectivity index (χ2n) is 6.72. The molecule has 0 radical (unpaired) electrons. The van der Waals surface area contributed by atoms with Crippen molar-refractivity contribution in [3.8, 4) is 17.0 Å². The zero-order valence-electron chi connectivity index (χ0n) is 16.5. The van der Waals surface area contributed by atoms with E-state index >= 15 is 0 Å². The molecule has 1 heterocycles. The van der Waals surface area contributed by atoms with Crippen molar-refractivity contribution in [3.05, 3.63) is 107 Å². The van der Waals surface area contributed by atoms with Gasteiger partial charge in [0.1, 0.15) is 18.1 Å². The smallest absolute Gasteiger partial charge is 0.289 e. The molecule has 0 aliphatic heterocycles. The van der Waals surface area contributed by atoms with Crippen LogP contribution in [0.2, 0.25) is 5.02 Å². The first-order valence-electron chi connectivity index (χ1n) is 9.59. The number of aromatic amines is 1. The average molecular weight is 431 g/mol. The molecule has 0 saturated heterocycles. The summed E-state index contributed by atoms with van der Waals surface area (Å²) in [6.07, 6.45) is 1.58. The molecule has 0 saturated carbocycles.